The lowest BCUT2D eigenvalue weighted by Gasteiger charge is -2.17. The quantitative estimate of drug-likeness (QED) is 0.589. The van der Waals surface area contributed by atoms with E-state index in [-0.39, 0.29) is 16.7 Å². The van der Waals surface area contributed by atoms with Gasteiger partial charge >= 0.3 is 0 Å². The van der Waals surface area contributed by atoms with Gasteiger partial charge in [0.15, 0.2) is 0 Å². The Balaban J connectivity index is 2.82. The fraction of sp³-hybridized carbons (Fsp3) is 0.545. The number of rotatable bonds is 7. The molecule has 0 unspecified atom stereocenters. The maximum Gasteiger partial charge on any atom is 0.245 e. The molecule has 1 aromatic heterocycles. The van der Waals surface area contributed by atoms with Gasteiger partial charge in [0, 0.05) is 30.9 Å². The molecule has 0 spiro atoms. The zero-order chi connectivity index (χ0) is 14.5. The molecule has 1 aromatic rings. The molecule has 1 rings (SSSR count). The summed E-state index contributed by atoms with van der Waals surface area (Å²) in [4.78, 5) is 3.81. The molecule has 0 amide bonds. The highest BCUT2D eigenvalue weighted by Gasteiger charge is 2.24. The van der Waals surface area contributed by atoms with Gasteiger partial charge in [0.2, 0.25) is 10.0 Å². The molecule has 0 aliphatic rings. The zero-order valence-corrected chi connectivity index (χ0v) is 13.7. The number of pyridine rings is 1. The molecule has 0 saturated heterocycles. The van der Waals surface area contributed by atoms with Gasteiger partial charge in [-0.15, -0.1) is 0 Å². The zero-order valence-electron chi connectivity index (χ0n) is 10.5. The number of unbranched alkanes of at least 4 members (excludes halogenated alkanes) is 2. The van der Waals surface area contributed by atoms with E-state index >= 15 is 0 Å². The van der Waals surface area contributed by atoms with Crippen molar-refractivity contribution in [1.29, 1.82) is 0 Å². The summed E-state index contributed by atoms with van der Waals surface area (Å²) in [5.74, 6) is 0. The molecule has 108 valence electrons. The summed E-state index contributed by atoms with van der Waals surface area (Å²) in [5.41, 5.74) is 0. The fourth-order valence-corrected chi connectivity index (χ4v) is 3.62. The van der Waals surface area contributed by atoms with E-state index in [0.29, 0.717) is 23.9 Å². The van der Waals surface area contributed by atoms with Gasteiger partial charge in [0.1, 0.15) is 10.0 Å². The van der Waals surface area contributed by atoms with Gasteiger partial charge in [0.25, 0.3) is 0 Å². The van der Waals surface area contributed by atoms with Crippen molar-refractivity contribution in [2.24, 2.45) is 0 Å². The Bertz CT molecular complexity index is 525. The molecule has 0 aromatic carbocycles. The molecule has 0 atom stereocenters. The minimum absolute atomic E-state index is 0.00630. The Hall–Kier alpha value is -0.210. The molecule has 0 saturated carbocycles. The second kappa shape index (κ2) is 7.54. The molecule has 0 radical (unpaired) electrons. The van der Waals surface area contributed by atoms with Crippen molar-refractivity contribution in [1.82, 2.24) is 9.29 Å². The first-order valence-electron chi connectivity index (χ1n) is 5.78. The van der Waals surface area contributed by atoms with Crippen LogP contribution in [-0.4, -0.2) is 43.0 Å². The average molecular weight is 372 g/mol. The Morgan fingerprint density at radius 2 is 2.11 bits per heavy atom. The lowest BCUT2D eigenvalue weighted by molar-refractivity contribution is 0.281. The van der Waals surface area contributed by atoms with Crippen LogP contribution in [0, 0.1) is 0 Å². The molecule has 19 heavy (non-hydrogen) atoms. The number of hydrogen-bond donors (Lipinski definition) is 1. The Morgan fingerprint density at radius 1 is 1.42 bits per heavy atom. The second-order valence-electron chi connectivity index (χ2n) is 4.05. The summed E-state index contributed by atoms with van der Waals surface area (Å²) in [7, 11) is -2.13. The van der Waals surface area contributed by atoms with Crippen molar-refractivity contribution in [3.8, 4) is 0 Å². The molecule has 0 aliphatic carbocycles. The lowest BCUT2D eigenvalue weighted by Crippen LogP contribution is -2.28. The maximum atomic E-state index is 12.3. The monoisotopic (exact) mass is 370 g/mol. The van der Waals surface area contributed by atoms with Crippen LogP contribution in [0.4, 0.5) is 0 Å². The van der Waals surface area contributed by atoms with Crippen LogP contribution in [0.2, 0.25) is 5.15 Å². The average Bonchev–Trinajstić information content (AvgIpc) is 2.37. The summed E-state index contributed by atoms with van der Waals surface area (Å²) in [6.45, 7) is 0.503. The second-order valence-corrected chi connectivity index (χ2v) is 7.34. The van der Waals surface area contributed by atoms with Crippen LogP contribution in [0.3, 0.4) is 0 Å². The van der Waals surface area contributed by atoms with Gasteiger partial charge in [-0.25, -0.2) is 17.7 Å². The van der Waals surface area contributed by atoms with E-state index in [1.165, 1.54) is 23.6 Å². The van der Waals surface area contributed by atoms with Crippen LogP contribution in [0.15, 0.2) is 21.6 Å². The van der Waals surface area contributed by atoms with Gasteiger partial charge in [-0.2, -0.15) is 0 Å². The maximum absolute atomic E-state index is 12.3. The normalized spacial score (nSPS) is 12.1. The van der Waals surface area contributed by atoms with Crippen LogP contribution in [-0.2, 0) is 10.0 Å². The number of aliphatic hydroxyl groups is 1. The molecule has 0 bridgehead atoms. The van der Waals surface area contributed by atoms with Crippen LogP contribution in [0.5, 0.6) is 0 Å². The summed E-state index contributed by atoms with van der Waals surface area (Å²) in [5, 5.41) is 8.64. The van der Waals surface area contributed by atoms with E-state index in [2.05, 4.69) is 20.9 Å². The van der Waals surface area contributed by atoms with E-state index in [0.717, 1.165) is 6.42 Å². The molecular formula is C11H16BrClN2O3S. The van der Waals surface area contributed by atoms with E-state index in [1.54, 1.807) is 0 Å². The van der Waals surface area contributed by atoms with Crippen LogP contribution in [0.25, 0.3) is 0 Å². The third-order valence-electron chi connectivity index (χ3n) is 2.59. The van der Waals surface area contributed by atoms with Crippen LogP contribution < -0.4 is 0 Å². The first kappa shape index (κ1) is 16.8. The molecule has 0 aliphatic heterocycles. The minimum Gasteiger partial charge on any atom is -0.396 e. The number of aliphatic hydroxyl groups excluding tert-OH is 1. The van der Waals surface area contributed by atoms with Crippen LogP contribution in [0.1, 0.15) is 19.3 Å². The summed E-state index contributed by atoms with van der Waals surface area (Å²) >= 11 is 9.02. The highest BCUT2D eigenvalue weighted by atomic mass is 79.9. The summed E-state index contributed by atoms with van der Waals surface area (Å²) in [6, 6.07) is 1.44. The van der Waals surface area contributed by atoms with Crippen molar-refractivity contribution in [3.63, 3.8) is 0 Å². The fourth-order valence-electron chi connectivity index (χ4n) is 1.50. The number of halogens is 2. The Kier molecular flexibility index (Phi) is 6.68. The van der Waals surface area contributed by atoms with Crippen molar-refractivity contribution in [3.05, 3.63) is 21.9 Å². The van der Waals surface area contributed by atoms with Gasteiger partial charge in [0.05, 0.1) is 0 Å². The molecule has 1 N–H and O–H groups in total. The largest absolute Gasteiger partial charge is 0.396 e. The van der Waals surface area contributed by atoms with Gasteiger partial charge in [-0.05, 0) is 41.3 Å². The molecule has 0 fully saturated rings. The van der Waals surface area contributed by atoms with Crippen molar-refractivity contribution in [2.45, 2.75) is 24.2 Å². The summed E-state index contributed by atoms with van der Waals surface area (Å²) in [6.07, 6.45) is 3.59. The van der Waals surface area contributed by atoms with Gasteiger partial charge < -0.3 is 5.11 Å². The van der Waals surface area contributed by atoms with E-state index < -0.39 is 10.0 Å². The standard InChI is InChI=1S/C11H16BrClN2O3S/c1-15(5-3-2-4-6-16)19(17,18)10-7-9(12)8-14-11(10)13/h7-8,16H,2-6H2,1H3. The number of aromatic nitrogens is 1. The third-order valence-corrected chi connectivity index (χ3v) is 5.31. The number of nitrogens with zero attached hydrogens (tertiary/aromatic N) is 2. The predicted molar refractivity (Wildman–Crippen MR) is 77.7 cm³/mol. The Labute approximate surface area is 126 Å². The molecular weight excluding hydrogens is 356 g/mol. The third kappa shape index (κ3) is 4.68. The topological polar surface area (TPSA) is 70.5 Å². The summed E-state index contributed by atoms with van der Waals surface area (Å²) < 4.78 is 26.4. The first-order valence-corrected chi connectivity index (χ1v) is 8.39. The lowest BCUT2D eigenvalue weighted by atomic mass is 10.2. The van der Waals surface area contributed by atoms with E-state index in [9.17, 15) is 8.42 Å². The van der Waals surface area contributed by atoms with E-state index in [1.807, 2.05) is 0 Å². The smallest absolute Gasteiger partial charge is 0.245 e. The number of hydrogen-bond acceptors (Lipinski definition) is 4. The van der Waals surface area contributed by atoms with Crippen LogP contribution >= 0.6 is 27.5 Å². The SMILES string of the molecule is CN(CCCCCO)S(=O)(=O)c1cc(Br)cnc1Cl. The number of sulfonamides is 1. The van der Waals surface area contributed by atoms with Crippen molar-refractivity contribution < 1.29 is 13.5 Å². The van der Waals surface area contributed by atoms with Gasteiger partial charge in [-0.1, -0.05) is 11.6 Å². The van der Waals surface area contributed by atoms with Crippen molar-refractivity contribution in [2.75, 3.05) is 20.2 Å². The highest BCUT2D eigenvalue weighted by molar-refractivity contribution is 9.10. The first-order chi connectivity index (χ1) is 8.89. The minimum atomic E-state index is -3.63. The highest BCUT2D eigenvalue weighted by Crippen LogP contribution is 2.25. The van der Waals surface area contributed by atoms with Gasteiger partial charge in [-0.3, -0.25) is 0 Å². The predicted octanol–water partition coefficient (Wildman–Crippen LogP) is 2.28. The van der Waals surface area contributed by atoms with E-state index in [4.69, 9.17) is 16.7 Å². The molecule has 8 heteroatoms. The molecule has 5 nitrogen and oxygen atoms in total. The Morgan fingerprint density at radius 3 is 2.74 bits per heavy atom. The molecule has 1 heterocycles. The van der Waals surface area contributed by atoms with Crippen molar-refractivity contribution >= 4 is 37.6 Å².